The van der Waals surface area contributed by atoms with Crippen LogP contribution in [0.4, 0.5) is 5.69 Å². The van der Waals surface area contributed by atoms with E-state index in [-0.39, 0.29) is 18.5 Å². The molecule has 1 saturated carbocycles. The number of hydrogen-bond donors (Lipinski definition) is 3. The Kier molecular flexibility index (Phi) is 4.40. The molecule has 25 heavy (non-hydrogen) atoms. The summed E-state index contributed by atoms with van der Waals surface area (Å²) in [6.45, 7) is 2.00. The molecule has 0 spiro atoms. The molecule has 1 aliphatic carbocycles. The average molecular weight is 340 g/mol. The lowest BCUT2D eigenvalue weighted by molar-refractivity contribution is -0.123. The van der Waals surface area contributed by atoms with Gasteiger partial charge in [-0.3, -0.25) is 14.7 Å². The Hall–Kier alpha value is -2.41. The zero-order valence-electron chi connectivity index (χ0n) is 14.2. The number of carbonyl (C=O) groups is 1. The number of aromatic nitrogens is 2. The minimum absolute atomic E-state index is 0.0314. The standard InChI is InChI=1S/C18H24N6O/c19-11-24(15-6-8-21-17-14(15)5-7-20-17)18(25)13-3-1-12(2-4-13)16-22-9-10-23-16/h5-8,12-13H,1-4,9-11,19H2,(H,20,21)(H,22,23). The topological polar surface area (TPSA) is 99.4 Å². The molecule has 1 amide bonds. The van der Waals surface area contributed by atoms with Crippen molar-refractivity contribution in [2.24, 2.45) is 22.6 Å². The second-order valence-electron chi connectivity index (χ2n) is 6.76. The summed E-state index contributed by atoms with van der Waals surface area (Å²) in [5.41, 5.74) is 7.56. The number of fused-ring (bicyclic) bond motifs is 1. The number of anilines is 1. The van der Waals surface area contributed by atoms with Gasteiger partial charge in [0.25, 0.3) is 0 Å². The van der Waals surface area contributed by atoms with Crippen molar-refractivity contribution >= 4 is 28.5 Å². The maximum Gasteiger partial charge on any atom is 0.231 e. The monoisotopic (exact) mass is 340 g/mol. The van der Waals surface area contributed by atoms with Crippen molar-refractivity contribution in [3.05, 3.63) is 24.5 Å². The van der Waals surface area contributed by atoms with Gasteiger partial charge in [-0.2, -0.15) is 0 Å². The number of amidine groups is 1. The molecule has 2 aromatic heterocycles. The minimum atomic E-state index is 0.0314. The van der Waals surface area contributed by atoms with Crippen LogP contribution in [0.2, 0.25) is 0 Å². The molecule has 0 atom stereocenters. The van der Waals surface area contributed by atoms with E-state index < -0.39 is 0 Å². The summed E-state index contributed by atoms with van der Waals surface area (Å²) < 4.78 is 0. The molecule has 2 aromatic rings. The summed E-state index contributed by atoms with van der Waals surface area (Å²) in [5, 5.41) is 4.30. The number of carbonyl (C=O) groups excluding carboxylic acids is 1. The molecule has 0 radical (unpaired) electrons. The lowest BCUT2D eigenvalue weighted by atomic mass is 9.80. The third-order valence-corrected chi connectivity index (χ3v) is 5.34. The number of pyridine rings is 1. The van der Waals surface area contributed by atoms with Crippen molar-refractivity contribution in [2.45, 2.75) is 25.7 Å². The Balaban J connectivity index is 1.49. The first kappa shape index (κ1) is 16.1. The quantitative estimate of drug-likeness (QED) is 0.736. The normalized spacial score (nSPS) is 23.3. The molecule has 0 saturated heterocycles. The maximum atomic E-state index is 13.1. The van der Waals surface area contributed by atoms with Crippen LogP contribution < -0.4 is 16.0 Å². The van der Waals surface area contributed by atoms with E-state index in [1.165, 1.54) is 0 Å². The van der Waals surface area contributed by atoms with Gasteiger partial charge < -0.3 is 16.0 Å². The van der Waals surface area contributed by atoms with E-state index in [1.807, 2.05) is 18.3 Å². The fraction of sp³-hybridized carbons (Fsp3) is 0.500. The van der Waals surface area contributed by atoms with Crippen molar-refractivity contribution in [2.75, 3.05) is 24.7 Å². The molecule has 7 heteroatoms. The Labute approximate surface area is 146 Å². The Morgan fingerprint density at radius 2 is 2.12 bits per heavy atom. The van der Waals surface area contributed by atoms with Gasteiger partial charge in [0.15, 0.2) is 0 Å². The molecule has 1 fully saturated rings. The highest BCUT2D eigenvalue weighted by Gasteiger charge is 2.32. The number of nitrogens with two attached hydrogens (primary N) is 1. The molecule has 4 N–H and O–H groups in total. The van der Waals surface area contributed by atoms with Crippen LogP contribution in [0.1, 0.15) is 25.7 Å². The predicted molar refractivity (Wildman–Crippen MR) is 98.4 cm³/mol. The van der Waals surface area contributed by atoms with Crippen LogP contribution in [0.5, 0.6) is 0 Å². The first-order chi connectivity index (χ1) is 12.3. The summed E-state index contributed by atoms with van der Waals surface area (Å²) in [4.78, 5) is 26.7. The third kappa shape index (κ3) is 3.00. The number of amides is 1. The molecule has 0 aromatic carbocycles. The number of aromatic amines is 1. The molecule has 3 heterocycles. The van der Waals surface area contributed by atoms with E-state index in [4.69, 9.17) is 5.73 Å². The van der Waals surface area contributed by atoms with Crippen molar-refractivity contribution in [1.82, 2.24) is 15.3 Å². The van der Waals surface area contributed by atoms with Crippen LogP contribution in [-0.4, -0.2) is 41.5 Å². The van der Waals surface area contributed by atoms with E-state index in [2.05, 4.69) is 20.3 Å². The van der Waals surface area contributed by atoms with E-state index in [9.17, 15) is 4.79 Å². The van der Waals surface area contributed by atoms with E-state index in [0.29, 0.717) is 5.92 Å². The molecular weight excluding hydrogens is 316 g/mol. The number of nitrogens with zero attached hydrogens (tertiary/aromatic N) is 3. The highest BCUT2D eigenvalue weighted by Crippen LogP contribution is 2.33. The van der Waals surface area contributed by atoms with Gasteiger partial charge in [-0.05, 0) is 37.8 Å². The van der Waals surface area contributed by atoms with Gasteiger partial charge >= 0.3 is 0 Å². The lowest BCUT2D eigenvalue weighted by Gasteiger charge is -2.31. The fourth-order valence-electron chi connectivity index (χ4n) is 4.01. The second-order valence-corrected chi connectivity index (χ2v) is 6.76. The molecule has 1 aliphatic heterocycles. The van der Waals surface area contributed by atoms with Crippen LogP contribution in [0.3, 0.4) is 0 Å². The van der Waals surface area contributed by atoms with Gasteiger partial charge in [-0.25, -0.2) is 4.98 Å². The summed E-state index contributed by atoms with van der Waals surface area (Å²) in [5.74, 6) is 1.78. The minimum Gasteiger partial charge on any atom is -0.372 e. The largest absolute Gasteiger partial charge is 0.372 e. The van der Waals surface area contributed by atoms with Crippen molar-refractivity contribution in [3.63, 3.8) is 0 Å². The van der Waals surface area contributed by atoms with Crippen LogP contribution in [-0.2, 0) is 4.79 Å². The summed E-state index contributed by atoms with van der Waals surface area (Å²) in [6.07, 6.45) is 7.35. The molecule has 4 rings (SSSR count). The number of hydrogen-bond acceptors (Lipinski definition) is 5. The number of aliphatic imine (C=N–C) groups is 1. The predicted octanol–water partition coefficient (Wildman–Crippen LogP) is 1.62. The first-order valence-corrected chi connectivity index (χ1v) is 8.99. The lowest BCUT2D eigenvalue weighted by Crippen LogP contribution is -2.42. The Morgan fingerprint density at radius 1 is 1.28 bits per heavy atom. The van der Waals surface area contributed by atoms with Crippen molar-refractivity contribution in [1.29, 1.82) is 0 Å². The zero-order valence-corrected chi connectivity index (χ0v) is 14.2. The van der Waals surface area contributed by atoms with Crippen molar-refractivity contribution < 1.29 is 4.79 Å². The number of H-pyrrole nitrogens is 1. The fourth-order valence-corrected chi connectivity index (χ4v) is 4.01. The molecule has 0 bridgehead atoms. The van der Waals surface area contributed by atoms with Gasteiger partial charge in [-0.1, -0.05) is 0 Å². The van der Waals surface area contributed by atoms with E-state index in [0.717, 1.165) is 61.3 Å². The van der Waals surface area contributed by atoms with Gasteiger partial charge in [-0.15, -0.1) is 0 Å². The summed E-state index contributed by atoms with van der Waals surface area (Å²) in [7, 11) is 0. The van der Waals surface area contributed by atoms with Gasteiger partial charge in [0, 0.05) is 36.2 Å². The van der Waals surface area contributed by atoms with E-state index in [1.54, 1.807) is 11.1 Å². The highest BCUT2D eigenvalue weighted by molar-refractivity contribution is 6.02. The smallest absolute Gasteiger partial charge is 0.231 e. The summed E-state index contributed by atoms with van der Waals surface area (Å²) in [6, 6.07) is 3.80. The van der Waals surface area contributed by atoms with Crippen LogP contribution in [0.15, 0.2) is 29.5 Å². The molecule has 0 unspecified atom stereocenters. The second kappa shape index (κ2) is 6.84. The maximum absolute atomic E-state index is 13.1. The highest BCUT2D eigenvalue weighted by atomic mass is 16.2. The van der Waals surface area contributed by atoms with Gasteiger partial charge in [0.1, 0.15) is 5.65 Å². The first-order valence-electron chi connectivity index (χ1n) is 8.99. The zero-order chi connectivity index (χ0) is 17.2. The average Bonchev–Trinajstić information content (AvgIpc) is 3.34. The van der Waals surface area contributed by atoms with Gasteiger partial charge in [0.2, 0.25) is 5.91 Å². The molecular formula is C18H24N6O. The van der Waals surface area contributed by atoms with Crippen molar-refractivity contribution in [3.8, 4) is 0 Å². The summed E-state index contributed by atoms with van der Waals surface area (Å²) >= 11 is 0. The molecule has 132 valence electrons. The third-order valence-electron chi connectivity index (χ3n) is 5.34. The Morgan fingerprint density at radius 3 is 2.84 bits per heavy atom. The van der Waals surface area contributed by atoms with Crippen LogP contribution in [0.25, 0.3) is 11.0 Å². The number of nitrogens with one attached hydrogen (secondary N) is 2. The molecule has 7 nitrogen and oxygen atoms in total. The van der Waals surface area contributed by atoms with E-state index >= 15 is 0 Å². The Bertz CT molecular complexity index is 790. The molecule has 2 aliphatic rings. The van der Waals surface area contributed by atoms with Crippen LogP contribution >= 0.6 is 0 Å². The van der Waals surface area contributed by atoms with Gasteiger partial charge in [0.05, 0.1) is 24.7 Å². The SMILES string of the molecule is NCN(C(=O)C1CCC(C2=NCCN2)CC1)c1ccnc2[nH]ccc12. The van der Waals surface area contributed by atoms with Crippen LogP contribution in [0, 0.1) is 11.8 Å². The number of rotatable bonds is 4.